The predicted octanol–water partition coefficient (Wildman–Crippen LogP) is 5.52. The molecule has 0 saturated carbocycles. The molecule has 0 aliphatic heterocycles. The Balaban J connectivity index is 2.44. The van der Waals surface area contributed by atoms with Crippen molar-refractivity contribution < 1.29 is 4.74 Å². The summed E-state index contributed by atoms with van der Waals surface area (Å²) in [6.45, 7) is 8.32. The van der Waals surface area contributed by atoms with Crippen molar-refractivity contribution in [3.8, 4) is 17.9 Å². The minimum absolute atomic E-state index is 0.0955. The van der Waals surface area contributed by atoms with Crippen molar-refractivity contribution >= 4 is 5.57 Å². The minimum atomic E-state index is 0.0955. The molecule has 0 aliphatic carbocycles. The first-order valence-corrected chi connectivity index (χ1v) is 8.85. The molecule has 2 aromatic rings. The average molecular weight is 344 g/mol. The molecule has 0 radical (unpaired) electrons. The number of nitrogens with zero attached hydrogens (tertiary/aromatic N) is 2. The van der Waals surface area contributed by atoms with Crippen LogP contribution >= 0.6 is 0 Å². The summed E-state index contributed by atoms with van der Waals surface area (Å²) in [6.07, 6.45) is 1.10. The maximum Gasteiger partial charge on any atom is 0.138 e. The zero-order chi connectivity index (χ0) is 19.1. The van der Waals surface area contributed by atoms with Gasteiger partial charge in [-0.15, -0.1) is 0 Å². The molecule has 3 heteroatoms. The molecule has 0 fully saturated rings. The quantitative estimate of drug-likeness (QED) is 0.648. The Morgan fingerprint density at radius 3 is 1.77 bits per heavy atom. The molecule has 0 unspecified atom stereocenters. The van der Waals surface area contributed by atoms with Gasteiger partial charge in [0, 0.05) is 5.57 Å². The second-order valence-corrected chi connectivity index (χ2v) is 6.96. The highest BCUT2D eigenvalue weighted by molar-refractivity contribution is 5.86. The fourth-order valence-electron chi connectivity index (χ4n) is 2.84. The van der Waals surface area contributed by atoms with E-state index in [4.69, 9.17) is 4.74 Å². The molecule has 0 amide bonds. The largest absolute Gasteiger partial charge is 0.491 e. The molecular formula is C23H24N2O. The number of hydrogen-bond acceptors (Lipinski definition) is 3. The third kappa shape index (κ3) is 4.98. The van der Waals surface area contributed by atoms with Crippen LogP contribution in [0.3, 0.4) is 0 Å². The summed E-state index contributed by atoms with van der Waals surface area (Å²) in [5.41, 5.74) is 3.71. The molecule has 0 atom stereocenters. The molecule has 2 aromatic carbocycles. The van der Waals surface area contributed by atoms with Gasteiger partial charge < -0.3 is 4.74 Å². The van der Waals surface area contributed by atoms with Crippen LogP contribution < -0.4 is 4.74 Å². The molecule has 0 saturated heterocycles. The van der Waals surface area contributed by atoms with E-state index in [1.165, 1.54) is 5.56 Å². The van der Waals surface area contributed by atoms with Gasteiger partial charge in [0.25, 0.3) is 0 Å². The van der Waals surface area contributed by atoms with Crippen molar-refractivity contribution in [2.75, 3.05) is 0 Å². The highest BCUT2D eigenvalue weighted by atomic mass is 16.5. The van der Waals surface area contributed by atoms with Crippen molar-refractivity contribution in [2.24, 2.45) is 5.92 Å². The molecule has 0 heterocycles. The van der Waals surface area contributed by atoms with Crippen LogP contribution in [0, 0.1) is 28.6 Å². The fraction of sp³-hybridized carbons (Fsp3) is 0.304. The van der Waals surface area contributed by atoms with Crippen LogP contribution in [0.2, 0.25) is 0 Å². The normalized spacial score (nSPS) is 10.3. The molecule has 132 valence electrons. The van der Waals surface area contributed by atoms with Gasteiger partial charge in [0.1, 0.15) is 23.5 Å². The number of nitriles is 2. The van der Waals surface area contributed by atoms with Crippen LogP contribution in [0.15, 0.2) is 54.1 Å². The van der Waals surface area contributed by atoms with Crippen LogP contribution in [0.5, 0.6) is 5.75 Å². The van der Waals surface area contributed by atoms with E-state index in [9.17, 15) is 10.5 Å². The lowest BCUT2D eigenvalue weighted by molar-refractivity contribution is 0.242. The van der Waals surface area contributed by atoms with E-state index < -0.39 is 0 Å². The van der Waals surface area contributed by atoms with Gasteiger partial charge in [-0.1, -0.05) is 50.2 Å². The molecule has 3 nitrogen and oxygen atoms in total. The van der Waals surface area contributed by atoms with Gasteiger partial charge >= 0.3 is 0 Å². The second kappa shape index (κ2) is 8.88. The van der Waals surface area contributed by atoms with Gasteiger partial charge in [-0.25, -0.2) is 0 Å². The Morgan fingerprint density at radius 1 is 0.846 bits per heavy atom. The number of allylic oxidation sites excluding steroid dienone is 1. The molecule has 2 rings (SSSR count). The van der Waals surface area contributed by atoms with Gasteiger partial charge in [0.15, 0.2) is 0 Å². The van der Waals surface area contributed by atoms with E-state index in [1.807, 2.05) is 62.4 Å². The van der Waals surface area contributed by atoms with Crippen molar-refractivity contribution in [3.63, 3.8) is 0 Å². The molecular weight excluding hydrogens is 320 g/mol. The topological polar surface area (TPSA) is 56.8 Å². The van der Waals surface area contributed by atoms with E-state index in [0.29, 0.717) is 11.5 Å². The highest BCUT2D eigenvalue weighted by Gasteiger charge is 2.13. The summed E-state index contributed by atoms with van der Waals surface area (Å²) in [5.74, 6) is 1.35. The van der Waals surface area contributed by atoms with Crippen molar-refractivity contribution in [1.82, 2.24) is 0 Å². The van der Waals surface area contributed by atoms with Crippen LogP contribution in [-0.4, -0.2) is 6.10 Å². The minimum Gasteiger partial charge on any atom is -0.491 e. The molecule has 0 N–H and O–H groups in total. The predicted molar refractivity (Wildman–Crippen MR) is 104 cm³/mol. The van der Waals surface area contributed by atoms with Crippen LogP contribution in [0.25, 0.3) is 5.57 Å². The Kier molecular flexibility index (Phi) is 6.59. The molecule has 0 bridgehead atoms. The number of ether oxygens (including phenoxy) is 1. The van der Waals surface area contributed by atoms with Gasteiger partial charge in [-0.2, -0.15) is 10.5 Å². The first-order valence-electron chi connectivity index (χ1n) is 8.85. The third-order valence-corrected chi connectivity index (χ3v) is 3.87. The molecule has 0 aliphatic rings. The monoisotopic (exact) mass is 344 g/mol. The number of rotatable bonds is 6. The number of hydrogen-bond donors (Lipinski definition) is 0. The van der Waals surface area contributed by atoms with E-state index >= 15 is 0 Å². The summed E-state index contributed by atoms with van der Waals surface area (Å²) in [4.78, 5) is 0. The summed E-state index contributed by atoms with van der Waals surface area (Å²) in [6, 6.07) is 19.7. The maximum atomic E-state index is 9.41. The Morgan fingerprint density at radius 2 is 1.35 bits per heavy atom. The summed E-state index contributed by atoms with van der Waals surface area (Å²) >= 11 is 0. The van der Waals surface area contributed by atoms with Gasteiger partial charge in [-0.3, -0.25) is 0 Å². The van der Waals surface area contributed by atoms with Crippen LogP contribution in [0.1, 0.15) is 44.4 Å². The van der Waals surface area contributed by atoms with E-state index in [-0.39, 0.29) is 11.7 Å². The van der Waals surface area contributed by atoms with Crippen molar-refractivity contribution in [3.05, 3.63) is 70.8 Å². The summed E-state index contributed by atoms with van der Waals surface area (Å²) in [5, 5.41) is 18.8. The second-order valence-electron chi connectivity index (χ2n) is 6.96. The molecule has 26 heavy (non-hydrogen) atoms. The lowest BCUT2D eigenvalue weighted by Gasteiger charge is -2.13. The first kappa shape index (κ1) is 19.3. The Labute approximate surface area is 156 Å². The summed E-state index contributed by atoms with van der Waals surface area (Å²) in [7, 11) is 0. The molecule has 0 spiro atoms. The molecule has 0 aromatic heterocycles. The Bertz CT molecular complexity index is 774. The maximum absolute atomic E-state index is 9.41. The van der Waals surface area contributed by atoms with Gasteiger partial charge in [0.2, 0.25) is 0 Å². The van der Waals surface area contributed by atoms with Crippen molar-refractivity contribution in [2.45, 2.75) is 40.2 Å². The standard InChI is InChI=1S/C23H24N2O/c1-16(2)13-18-5-7-19(8-6-18)23(21(14-24)15-25)20-9-11-22(12-10-20)26-17(3)4/h5-12,16-17H,13H2,1-4H3. The lowest BCUT2D eigenvalue weighted by atomic mass is 9.92. The van der Waals surface area contributed by atoms with E-state index in [0.717, 1.165) is 23.3 Å². The third-order valence-electron chi connectivity index (χ3n) is 3.87. The van der Waals surface area contributed by atoms with Crippen molar-refractivity contribution in [1.29, 1.82) is 10.5 Å². The average Bonchev–Trinajstić information content (AvgIpc) is 2.60. The SMILES string of the molecule is CC(C)Cc1ccc(C(=C(C#N)C#N)c2ccc(OC(C)C)cc2)cc1. The fourth-order valence-corrected chi connectivity index (χ4v) is 2.84. The zero-order valence-electron chi connectivity index (χ0n) is 15.8. The zero-order valence-corrected chi connectivity index (χ0v) is 15.8. The highest BCUT2D eigenvalue weighted by Crippen LogP contribution is 2.29. The van der Waals surface area contributed by atoms with Gasteiger partial charge in [0.05, 0.1) is 6.10 Å². The summed E-state index contributed by atoms with van der Waals surface area (Å²) < 4.78 is 5.67. The van der Waals surface area contributed by atoms with Gasteiger partial charge in [-0.05, 0) is 55.0 Å². The lowest BCUT2D eigenvalue weighted by Crippen LogP contribution is -2.05. The first-order chi connectivity index (χ1) is 12.4. The van der Waals surface area contributed by atoms with E-state index in [1.54, 1.807) is 0 Å². The smallest absolute Gasteiger partial charge is 0.138 e. The number of benzene rings is 2. The van der Waals surface area contributed by atoms with Crippen LogP contribution in [-0.2, 0) is 6.42 Å². The Hall–Kier alpha value is -3.04. The van der Waals surface area contributed by atoms with Crippen LogP contribution in [0.4, 0.5) is 0 Å². The van der Waals surface area contributed by atoms with E-state index in [2.05, 4.69) is 26.0 Å².